The van der Waals surface area contributed by atoms with E-state index in [2.05, 4.69) is 22.6 Å². The summed E-state index contributed by atoms with van der Waals surface area (Å²) in [6.45, 7) is 4.65. The summed E-state index contributed by atoms with van der Waals surface area (Å²) in [6, 6.07) is 7.29. The summed E-state index contributed by atoms with van der Waals surface area (Å²) < 4.78 is 1.44. The molecule has 1 heterocycles. The van der Waals surface area contributed by atoms with Crippen molar-refractivity contribution in [3.63, 3.8) is 0 Å². The molecule has 0 fully saturated rings. The van der Waals surface area contributed by atoms with E-state index >= 15 is 0 Å². The second-order valence-electron chi connectivity index (χ2n) is 4.24. The first-order chi connectivity index (χ1) is 8.83. The Kier molecular flexibility index (Phi) is 4.41. The van der Waals surface area contributed by atoms with Gasteiger partial charge in [0.25, 0.3) is 5.56 Å². The summed E-state index contributed by atoms with van der Waals surface area (Å²) in [5.41, 5.74) is 0.596. The highest BCUT2D eigenvalue weighted by Gasteiger charge is 2.03. The number of aromatic nitrogens is 3. The summed E-state index contributed by atoms with van der Waals surface area (Å²) in [4.78, 5) is 12.1. The molecule has 0 saturated heterocycles. The molecule has 0 aliphatic heterocycles. The van der Waals surface area contributed by atoms with E-state index in [9.17, 15) is 4.79 Å². The molecule has 0 bridgehead atoms. The molecule has 96 valence electrons. The van der Waals surface area contributed by atoms with Crippen LogP contribution in [0.25, 0.3) is 10.9 Å². The molecule has 0 unspecified atom stereocenters. The predicted octanol–water partition coefficient (Wildman–Crippen LogP) is 1.18. The molecule has 1 aromatic carbocycles. The Morgan fingerprint density at radius 1 is 1.28 bits per heavy atom. The van der Waals surface area contributed by atoms with Crippen molar-refractivity contribution in [1.29, 1.82) is 0 Å². The molecule has 5 heteroatoms. The lowest BCUT2D eigenvalue weighted by Crippen LogP contribution is -2.26. The van der Waals surface area contributed by atoms with Gasteiger partial charge in [0.2, 0.25) is 0 Å². The Hall–Kier alpha value is -1.75. The maximum absolute atomic E-state index is 12.1. The van der Waals surface area contributed by atoms with E-state index in [-0.39, 0.29) is 5.56 Å². The number of fused-ring (bicyclic) bond motifs is 1. The van der Waals surface area contributed by atoms with Crippen LogP contribution in [0.15, 0.2) is 29.1 Å². The lowest BCUT2D eigenvalue weighted by Gasteiger charge is -2.05. The zero-order chi connectivity index (χ0) is 12.8. The number of hydrogen-bond donors (Lipinski definition) is 1. The van der Waals surface area contributed by atoms with Crippen LogP contribution in [0.2, 0.25) is 0 Å². The Labute approximate surface area is 106 Å². The van der Waals surface area contributed by atoms with Gasteiger partial charge in [0, 0.05) is 6.54 Å². The summed E-state index contributed by atoms with van der Waals surface area (Å²) in [5, 5.41) is 11.9. The van der Waals surface area contributed by atoms with Gasteiger partial charge in [0.1, 0.15) is 5.52 Å². The molecule has 0 atom stereocenters. The molecule has 0 aliphatic carbocycles. The van der Waals surface area contributed by atoms with Crippen LogP contribution < -0.4 is 10.9 Å². The standard InChI is InChI=1S/C13H18N4O/c1-2-8-14-9-5-10-17-13(18)11-6-3-4-7-12(11)15-16-17/h3-4,6-7,14H,2,5,8-10H2,1H3. The smallest absolute Gasteiger partial charge is 0.277 e. The van der Waals surface area contributed by atoms with E-state index in [0.717, 1.165) is 25.9 Å². The molecule has 0 saturated carbocycles. The van der Waals surface area contributed by atoms with Crippen LogP contribution in [0.3, 0.4) is 0 Å². The fourth-order valence-corrected chi connectivity index (χ4v) is 1.83. The third kappa shape index (κ3) is 2.92. The van der Waals surface area contributed by atoms with Crippen LogP contribution in [-0.2, 0) is 6.54 Å². The Balaban J connectivity index is 2.05. The molecular weight excluding hydrogens is 228 g/mol. The van der Waals surface area contributed by atoms with E-state index in [0.29, 0.717) is 17.4 Å². The second kappa shape index (κ2) is 6.26. The minimum absolute atomic E-state index is 0.0592. The Morgan fingerprint density at radius 2 is 2.11 bits per heavy atom. The molecule has 0 aliphatic rings. The van der Waals surface area contributed by atoms with Gasteiger partial charge in [-0.15, -0.1) is 5.10 Å². The van der Waals surface area contributed by atoms with Gasteiger partial charge in [0.05, 0.1) is 5.39 Å². The topological polar surface area (TPSA) is 59.8 Å². The fraction of sp³-hybridized carbons (Fsp3) is 0.462. The highest BCUT2D eigenvalue weighted by atomic mass is 16.1. The van der Waals surface area contributed by atoms with Crippen LogP contribution in [0.5, 0.6) is 0 Å². The monoisotopic (exact) mass is 246 g/mol. The molecule has 0 radical (unpaired) electrons. The first kappa shape index (κ1) is 12.7. The minimum Gasteiger partial charge on any atom is -0.317 e. The second-order valence-corrected chi connectivity index (χ2v) is 4.24. The van der Waals surface area contributed by atoms with Crippen molar-refractivity contribution in [2.75, 3.05) is 13.1 Å². The zero-order valence-electron chi connectivity index (χ0n) is 10.6. The van der Waals surface area contributed by atoms with E-state index in [1.807, 2.05) is 12.1 Å². The van der Waals surface area contributed by atoms with E-state index in [1.165, 1.54) is 4.68 Å². The summed E-state index contributed by atoms with van der Waals surface area (Å²) >= 11 is 0. The van der Waals surface area contributed by atoms with Crippen LogP contribution in [-0.4, -0.2) is 28.1 Å². The summed E-state index contributed by atoms with van der Waals surface area (Å²) in [5.74, 6) is 0. The molecule has 1 aromatic heterocycles. The van der Waals surface area contributed by atoms with E-state index in [1.54, 1.807) is 12.1 Å². The van der Waals surface area contributed by atoms with Gasteiger partial charge in [0.15, 0.2) is 0 Å². The van der Waals surface area contributed by atoms with Crippen molar-refractivity contribution in [1.82, 2.24) is 20.3 Å². The molecule has 5 nitrogen and oxygen atoms in total. The number of hydrogen-bond acceptors (Lipinski definition) is 4. The van der Waals surface area contributed by atoms with E-state index in [4.69, 9.17) is 0 Å². The molecule has 1 N–H and O–H groups in total. The van der Waals surface area contributed by atoms with Gasteiger partial charge < -0.3 is 5.32 Å². The number of nitrogens with one attached hydrogen (secondary N) is 1. The first-order valence-corrected chi connectivity index (χ1v) is 6.36. The van der Waals surface area contributed by atoms with E-state index < -0.39 is 0 Å². The minimum atomic E-state index is -0.0592. The van der Waals surface area contributed by atoms with Crippen molar-refractivity contribution in [2.24, 2.45) is 0 Å². The van der Waals surface area contributed by atoms with Crippen molar-refractivity contribution in [2.45, 2.75) is 26.3 Å². The summed E-state index contributed by atoms with van der Waals surface area (Å²) in [6.07, 6.45) is 2.00. The Bertz CT molecular complexity index is 564. The summed E-state index contributed by atoms with van der Waals surface area (Å²) in [7, 11) is 0. The van der Waals surface area contributed by atoms with Gasteiger partial charge in [-0.05, 0) is 38.1 Å². The quantitative estimate of drug-likeness (QED) is 0.778. The van der Waals surface area contributed by atoms with Crippen molar-refractivity contribution in [3.05, 3.63) is 34.6 Å². The fourth-order valence-electron chi connectivity index (χ4n) is 1.83. The van der Waals surface area contributed by atoms with Gasteiger partial charge in [-0.1, -0.05) is 24.3 Å². The van der Waals surface area contributed by atoms with Gasteiger partial charge in [-0.25, -0.2) is 4.68 Å². The molecule has 0 spiro atoms. The molecule has 0 amide bonds. The average molecular weight is 246 g/mol. The molecule has 2 aromatic rings. The maximum Gasteiger partial charge on any atom is 0.277 e. The lowest BCUT2D eigenvalue weighted by molar-refractivity contribution is 0.505. The van der Waals surface area contributed by atoms with Crippen LogP contribution >= 0.6 is 0 Å². The third-order valence-corrected chi connectivity index (χ3v) is 2.78. The Morgan fingerprint density at radius 3 is 2.94 bits per heavy atom. The lowest BCUT2D eigenvalue weighted by atomic mass is 10.2. The zero-order valence-corrected chi connectivity index (χ0v) is 10.6. The largest absolute Gasteiger partial charge is 0.317 e. The maximum atomic E-state index is 12.1. The van der Waals surface area contributed by atoms with Crippen LogP contribution in [0, 0.1) is 0 Å². The van der Waals surface area contributed by atoms with Gasteiger partial charge in [-0.2, -0.15) is 0 Å². The van der Waals surface area contributed by atoms with Crippen LogP contribution in [0.4, 0.5) is 0 Å². The van der Waals surface area contributed by atoms with Gasteiger partial charge >= 0.3 is 0 Å². The molecule has 18 heavy (non-hydrogen) atoms. The average Bonchev–Trinajstić information content (AvgIpc) is 2.41. The van der Waals surface area contributed by atoms with Crippen LogP contribution in [0.1, 0.15) is 19.8 Å². The number of aryl methyl sites for hydroxylation is 1. The molecular formula is C13H18N4O. The highest BCUT2D eigenvalue weighted by Crippen LogP contribution is 2.03. The van der Waals surface area contributed by atoms with Crippen molar-refractivity contribution >= 4 is 10.9 Å². The van der Waals surface area contributed by atoms with Crippen molar-refractivity contribution < 1.29 is 0 Å². The van der Waals surface area contributed by atoms with Crippen molar-refractivity contribution in [3.8, 4) is 0 Å². The normalized spacial score (nSPS) is 10.9. The van der Waals surface area contributed by atoms with Gasteiger partial charge in [-0.3, -0.25) is 4.79 Å². The molecule has 2 rings (SSSR count). The predicted molar refractivity (Wildman–Crippen MR) is 71.6 cm³/mol. The number of rotatable bonds is 6. The number of benzene rings is 1. The SMILES string of the molecule is CCCNCCCn1nnc2ccccc2c1=O. The first-order valence-electron chi connectivity index (χ1n) is 6.36. The number of nitrogens with zero attached hydrogens (tertiary/aromatic N) is 3. The third-order valence-electron chi connectivity index (χ3n) is 2.78. The highest BCUT2D eigenvalue weighted by molar-refractivity contribution is 5.76.